The number of ether oxygens (including phenoxy) is 1. The van der Waals surface area contributed by atoms with Crippen molar-refractivity contribution in [3.8, 4) is 11.5 Å². The summed E-state index contributed by atoms with van der Waals surface area (Å²) in [5.41, 5.74) is 0.516. The topological polar surface area (TPSA) is 62.7 Å². The molecule has 0 atom stereocenters. The highest BCUT2D eigenvalue weighted by molar-refractivity contribution is 5.97. The van der Waals surface area contributed by atoms with Gasteiger partial charge in [0.15, 0.2) is 0 Å². The second kappa shape index (κ2) is 7.66. The number of benzene rings is 1. The monoisotopic (exact) mass is 340 g/mol. The van der Waals surface area contributed by atoms with Gasteiger partial charge in [-0.25, -0.2) is 0 Å². The van der Waals surface area contributed by atoms with E-state index in [0.717, 1.165) is 19.3 Å². The number of rotatable bonds is 5. The van der Waals surface area contributed by atoms with Crippen molar-refractivity contribution in [1.29, 1.82) is 0 Å². The first-order chi connectivity index (χ1) is 12.2. The van der Waals surface area contributed by atoms with Crippen LogP contribution < -0.4 is 4.74 Å². The molecule has 1 amide bonds. The van der Waals surface area contributed by atoms with Crippen LogP contribution in [0.5, 0.6) is 11.5 Å². The third kappa shape index (κ3) is 3.82. The minimum absolute atomic E-state index is 0.0258. The Hall–Kier alpha value is -2.40. The van der Waals surface area contributed by atoms with Crippen molar-refractivity contribution in [3.05, 3.63) is 54.4 Å². The predicted octanol–water partition coefficient (Wildman–Crippen LogP) is 3.50. The summed E-state index contributed by atoms with van der Waals surface area (Å²) < 4.78 is 5.85. The Labute approximate surface area is 148 Å². The molecule has 0 unspecified atom stereocenters. The maximum Gasteiger partial charge on any atom is 0.257 e. The standard InChI is InChI=1S/C20H24N2O3/c1-2-20(15-23)9-12-22(13-10-20)19(24)17-7-3-4-8-18(17)25-16-6-5-11-21-14-16/h3-8,11,14,23H,2,9-10,12-13,15H2,1H3. The smallest absolute Gasteiger partial charge is 0.257 e. The fourth-order valence-corrected chi connectivity index (χ4v) is 3.24. The first-order valence-electron chi connectivity index (χ1n) is 8.74. The van der Waals surface area contributed by atoms with Gasteiger partial charge in [0.25, 0.3) is 5.91 Å². The van der Waals surface area contributed by atoms with E-state index in [-0.39, 0.29) is 17.9 Å². The summed E-state index contributed by atoms with van der Waals surface area (Å²) in [5, 5.41) is 9.66. The van der Waals surface area contributed by atoms with Crippen LogP contribution in [0.3, 0.4) is 0 Å². The van der Waals surface area contributed by atoms with E-state index in [9.17, 15) is 9.90 Å². The number of aliphatic hydroxyl groups excluding tert-OH is 1. The number of carbonyl (C=O) groups excluding carboxylic acids is 1. The maximum absolute atomic E-state index is 13.0. The van der Waals surface area contributed by atoms with E-state index in [2.05, 4.69) is 11.9 Å². The van der Waals surface area contributed by atoms with Gasteiger partial charge in [-0.05, 0) is 48.9 Å². The lowest BCUT2D eigenvalue weighted by Gasteiger charge is -2.40. The normalized spacial score (nSPS) is 16.5. The minimum atomic E-state index is -0.0392. The Balaban J connectivity index is 1.75. The second-order valence-electron chi connectivity index (χ2n) is 6.59. The number of hydrogen-bond donors (Lipinski definition) is 1. The van der Waals surface area contributed by atoms with Crippen LogP contribution in [-0.2, 0) is 0 Å². The zero-order valence-electron chi connectivity index (χ0n) is 14.5. The number of likely N-dealkylation sites (tertiary alicyclic amines) is 1. The number of piperidine rings is 1. The number of aliphatic hydroxyl groups is 1. The van der Waals surface area contributed by atoms with Crippen LogP contribution in [-0.4, -0.2) is 40.6 Å². The van der Waals surface area contributed by atoms with Crippen LogP contribution in [0.4, 0.5) is 0 Å². The first kappa shape index (κ1) is 17.4. The van der Waals surface area contributed by atoms with E-state index < -0.39 is 0 Å². The Kier molecular flexibility index (Phi) is 5.34. The zero-order valence-corrected chi connectivity index (χ0v) is 14.5. The molecule has 1 fully saturated rings. The molecule has 0 spiro atoms. The van der Waals surface area contributed by atoms with Gasteiger partial charge < -0.3 is 14.7 Å². The summed E-state index contributed by atoms with van der Waals surface area (Å²) in [6.45, 7) is 3.61. The van der Waals surface area contributed by atoms with Gasteiger partial charge in [-0.1, -0.05) is 19.1 Å². The first-order valence-corrected chi connectivity index (χ1v) is 8.74. The molecule has 2 aromatic rings. The lowest BCUT2D eigenvalue weighted by Crippen LogP contribution is -2.44. The second-order valence-corrected chi connectivity index (χ2v) is 6.59. The number of para-hydroxylation sites is 1. The largest absolute Gasteiger partial charge is 0.455 e. The van der Waals surface area contributed by atoms with Gasteiger partial charge in [0, 0.05) is 25.9 Å². The molecule has 0 bridgehead atoms. The van der Waals surface area contributed by atoms with E-state index in [1.165, 1.54) is 0 Å². The highest BCUT2D eigenvalue weighted by Crippen LogP contribution is 2.35. The molecular formula is C20H24N2O3. The van der Waals surface area contributed by atoms with Crippen LogP contribution in [0, 0.1) is 5.41 Å². The van der Waals surface area contributed by atoms with E-state index in [4.69, 9.17) is 4.74 Å². The third-order valence-electron chi connectivity index (χ3n) is 5.18. The van der Waals surface area contributed by atoms with Crippen molar-refractivity contribution in [2.75, 3.05) is 19.7 Å². The Morgan fingerprint density at radius 3 is 2.64 bits per heavy atom. The molecule has 132 valence electrons. The summed E-state index contributed by atoms with van der Waals surface area (Å²) >= 11 is 0. The lowest BCUT2D eigenvalue weighted by molar-refractivity contribution is 0.0337. The summed E-state index contributed by atoms with van der Waals surface area (Å²) in [6, 6.07) is 10.9. The summed E-state index contributed by atoms with van der Waals surface area (Å²) in [5.74, 6) is 1.11. The predicted molar refractivity (Wildman–Crippen MR) is 95.7 cm³/mol. The van der Waals surface area contributed by atoms with Crippen LogP contribution in [0.15, 0.2) is 48.8 Å². The maximum atomic E-state index is 13.0. The Morgan fingerprint density at radius 1 is 1.24 bits per heavy atom. The van der Waals surface area contributed by atoms with Crippen molar-refractivity contribution in [3.63, 3.8) is 0 Å². The van der Waals surface area contributed by atoms with Gasteiger partial charge >= 0.3 is 0 Å². The number of aromatic nitrogens is 1. The fraction of sp³-hybridized carbons (Fsp3) is 0.400. The Bertz CT molecular complexity index is 704. The minimum Gasteiger partial charge on any atom is -0.455 e. The van der Waals surface area contributed by atoms with E-state index in [1.54, 1.807) is 30.6 Å². The van der Waals surface area contributed by atoms with Crippen molar-refractivity contribution >= 4 is 5.91 Å². The molecule has 1 saturated heterocycles. The molecule has 1 aliphatic rings. The summed E-state index contributed by atoms with van der Waals surface area (Å²) in [7, 11) is 0. The van der Waals surface area contributed by atoms with Crippen LogP contribution in [0.2, 0.25) is 0 Å². The van der Waals surface area contributed by atoms with Crippen molar-refractivity contribution < 1.29 is 14.6 Å². The number of amides is 1. The van der Waals surface area contributed by atoms with Gasteiger partial charge in [0.2, 0.25) is 0 Å². The highest BCUT2D eigenvalue weighted by Gasteiger charge is 2.34. The van der Waals surface area contributed by atoms with Crippen LogP contribution >= 0.6 is 0 Å². The van der Waals surface area contributed by atoms with E-state index in [0.29, 0.717) is 30.2 Å². The molecule has 2 heterocycles. The van der Waals surface area contributed by atoms with Gasteiger partial charge in [-0.3, -0.25) is 9.78 Å². The van der Waals surface area contributed by atoms with E-state index >= 15 is 0 Å². The number of nitrogens with zero attached hydrogens (tertiary/aromatic N) is 2. The van der Waals surface area contributed by atoms with Gasteiger partial charge in [0.05, 0.1) is 11.8 Å². The SMILES string of the molecule is CCC1(CO)CCN(C(=O)c2ccccc2Oc2cccnc2)CC1. The fourth-order valence-electron chi connectivity index (χ4n) is 3.24. The summed E-state index contributed by atoms with van der Waals surface area (Å²) in [6.07, 6.45) is 5.90. The quantitative estimate of drug-likeness (QED) is 0.905. The number of carbonyl (C=O) groups is 1. The molecule has 0 radical (unpaired) electrons. The number of pyridine rings is 1. The van der Waals surface area contributed by atoms with Crippen molar-refractivity contribution in [2.24, 2.45) is 5.41 Å². The summed E-state index contributed by atoms with van der Waals surface area (Å²) in [4.78, 5) is 18.9. The third-order valence-corrected chi connectivity index (χ3v) is 5.18. The average Bonchev–Trinajstić information content (AvgIpc) is 2.69. The molecular weight excluding hydrogens is 316 g/mol. The molecule has 1 N–H and O–H groups in total. The molecule has 0 saturated carbocycles. The molecule has 1 aliphatic heterocycles. The van der Waals surface area contributed by atoms with Crippen LogP contribution in [0.1, 0.15) is 36.5 Å². The molecule has 25 heavy (non-hydrogen) atoms. The van der Waals surface area contributed by atoms with Gasteiger partial charge in [-0.2, -0.15) is 0 Å². The molecule has 1 aromatic carbocycles. The van der Waals surface area contributed by atoms with Crippen molar-refractivity contribution in [1.82, 2.24) is 9.88 Å². The molecule has 3 rings (SSSR count). The van der Waals surface area contributed by atoms with Crippen LogP contribution in [0.25, 0.3) is 0 Å². The Morgan fingerprint density at radius 2 is 2.00 bits per heavy atom. The molecule has 0 aliphatic carbocycles. The molecule has 1 aromatic heterocycles. The lowest BCUT2D eigenvalue weighted by atomic mass is 9.77. The van der Waals surface area contributed by atoms with E-state index in [1.807, 2.05) is 23.1 Å². The highest BCUT2D eigenvalue weighted by atomic mass is 16.5. The average molecular weight is 340 g/mol. The number of hydrogen-bond acceptors (Lipinski definition) is 4. The van der Waals surface area contributed by atoms with Crippen molar-refractivity contribution in [2.45, 2.75) is 26.2 Å². The molecule has 5 nitrogen and oxygen atoms in total. The molecule has 5 heteroatoms. The zero-order chi connectivity index (χ0) is 17.7. The van der Waals surface area contributed by atoms with Gasteiger partial charge in [-0.15, -0.1) is 0 Å². The van der Waals surface area contributed by atoms with Gasteiger partial charge in [0.1, 0.15) is 11.5 Å².